The van der Waals surface area contributed by atoms with Crippen molar-refractivity contribution in [2.45, 2.75) is 103 Å². The van der Waals surface area contributed by atoms with Crippen LogP contribution in [0.25, 0.3) is 0 Å². The number of alkyl halides is 3. The Morgan fingerprint density at radius 3 is 1.27 bits per heavy atom. The third-order valence-electron chi connectivity index (χ3n) is 16.0. The zero-order valence-corrected chi connectivity index (χ0v) is 47.5. The van der Waals surface area contributed by atoms with Crippen LogP contribution in [0.3, 0.4) is 0 Å². The molecule has 3 aromatic carbocycles. The molecule has 1 unspecified atom stereocenters. The van der Waals surface area contributed by atoms with Gasteiger partial charge in [0.15, 0.2) is 5.67 Å². The molecule has 9 rings (SSSR count). The number of nitrogens with two attached hydrogens (primary N) is 5. The van der Waals surface area contributed by atoms with E-state index in [1.54, 1.807) is 54.6 Å². The number of aliphatic hydroxyl groups is 1. The van der Waals surface area contributed by atoms with Crippen molar-refractivity contribution in [2.24, 2.45) is 64.2 Å². The van der Waals surface area contributed by atoms with E-state index in [2.05, 4.69) is 4.74 Å². The topological polar surface area (TPSA) is 449 Å². The lowest BCUT2D eigenvalue weighted by atomic mass is 9.87. The van der Waals surface area contributed by atoms with Gasteiger partial charge in [-0.25, -0.2) is 27.6 Å². The van der Waals surface area contributed by atoms with E-state index in [9.17, 15) is 61.9 Å². The van der Waals surface area contributed by atoms with Gasteiger partial charge >= 0.3 is 29.8 Å². The van der Waals surface area contributed by atoms with Crippen LogP contribution in [-0.4, -0.2) is 143 Å². The van der Waals surface area contributed by atoms with Gasteiger partial charge in [-0.15, -0.1) is 0 Å². The van der Waals surface area contributed by atoms with Crippen LogP contribution in [0.4, 0.5) is 13.2 Å². The molecule has 33 heteroatoms. The molecule has 0 saturated heterocycles. The van der Waals surface area contributed by atoms with Crippen LogP contribution in [0.5, 0.6) is 0 Å². The number of carbonyl (C=O) groups excluding carboxylic acids is 3. The molecule has 0 spiro atoms. The number of carboxylic acid groups (broad SMARTS) is 5. The zero-order chi connectivity index (χ0) is 63.2. The summed E-state index contributed by atoms with van der Waals surface area (Å²) < 4.78 is 64.2. The molecule has 6 aliphatic carbocycles. The van der Waals surface area contributed by atoms with Crippen LogP contribution in [0.2, 0.25) is 30.1 Å². The molecule has 6 saturated carbocycles. The summed E-state index contributed by atoms with van der Waals surface area (Å²) in [4.78, 5) is 87.0. The number of ether oxygens (including phenoxy) is 4. The molecule has 0 aromatic heterocycles. The van der Waals surface area contributed by atoms with Gasteiger partial charge < -0.3 is 78.3 Å². The van der Waals surface area contributed by atoms with Gasteiger partial charge in [-0.1, -0.05) is 87.8 Å². The van der Waals surface area contributed by atoms with E-state index in [0.29, 0.717) is 41.3 Å². The highest BCUT2D eigenvalue weighted by molar-refractivity contribution is 6.43. The molecule has 16 N–H and O–H groups in total. The van der Waals surface area contributed by atoms with E-state index in [0.717, 1.165) is 5.56 Å². The van der Waals surface area contributed by atoms with E-state index < -0.39 is 148 Å². The van der Waals surface area contributed by atoms with Crippen molar-refractivity contribution >= 4 is 118 Å². The van der Waals surface area contributed by atoms with Gasteiger partial charge in [0.2, 0.25) is 22.8 Å². The molecule has 2 amide bonds. The van der Waals surface area contributed by atoms with Gasteiger partial charge in [0.25, 0.3) is 12.4 Å². The highest BCUT2D eigenvalue weighted by Crippen LogP contribution is 2.69. The van der Waals surface area contributed by atoms with Crippen LogP contribution < -0.4 is 28.7 Å². The zero-order valence-electron chi connectivity index (χ0n) is 42.9. The second-order valence-corrected chi connectivity index (χ2v) is 23.2. The second kappa shape index (κ2) is 24.9. The third-order valence-corrected chi connectivity index (χ3v) is 18.2. The van der Waals surface area contributed by atoms with Gasteiger partial charge in [-0.2, -0.15) is 5.26 Å². The summed E-state index contributed by atoms with van der Waals surface area (Å²) in [6.45, 7) is -0.759. The van der Waals surface area contributed by atoms with Crippen LogP contribution in [0.1, 0.15) is 42.4 Å². The fourth-order valence-corrected chi connectivity index (χ4v) is 12.4. The van der Waals surface area contributed by atoms with Crippen LogP contribution in [0.15, 0.2) is 54.6 Å². The molecule has 16 atom stereocenters. The minimum atomic E-state index is -2.60. The Morgan fingerprint density at radius 1 is 0.583 bits per heavy atom. The maximum Gasteiger partial charge on any atom is 0.342 e. The van der Waals surface area contributed by atoms with E-state index >= 15 is 0 Å². The van der Waals surface area contributed by atoms with Crippen molar-refractivity contribution in [2.75, 3.05) is 6.61 Å². The number of primary amides is 2. The Bertz CT molecular complexity index is 3090. The fraction of sp³-hybridized carbons (Fsp3) is 0.471. The molecule has 456 valence electrons. The molecule has 0 aliphatic heterocycles. The number of nitriles is 1. The normalized spacial score (nSPS) is 33.8. The molecule has 0 radical (unpaired) electrons. The number of fused-ring (bicyclic) bond motifs is 3. The van der Waals surface area contributed by atoms with Crippen molar-refractivity contribution in [3.63, 3.8) is 0 Å². The molecule has 0 heterocycles. The number of rotatable bonds is 20. The second-order valence-electron chi connectivity index (χ2n) is 20.8. The SMILES string of the molecule is N#C[C@@]1(N)[C@H]2[C@@H](C[C@H]1OCc1ccc(Cl)c(Cl)c1)[C@]2(F)C(N)=O.NC(=O)[C@@]1(N)[C@H]2[C@@H](C[C@H]1OCc1ccc(Cl)c(Cl)c1)[C@]2(F)C(=O)O.N[C@]1(C(=O)O)[C@H]2[C@@H](C[C@H]1OCc1ccc(Cl)c(Cl)c1)[C@]2(F)C(=O)O.O=COCC(O)(CC(=O)O)C(=O)O. The van der Waals surface area contributed by atoms with Crippen molar-refractivity contribution in [1.82, 2.24) is 0 Å². The minimum Gasteiger partial charge on any atom is -0.481 e. The lowest BCUT2D eigenvalue weighted by molar-refractivity contribution is -0.172. The molecule has 3 aromatic rings. The highest BCUT2D eigenvalue weighted by Gasteiger charge is 2.86. The number of hydrogen-bond donors (Lipinski definition) is 11. The lowest BCUT2D eigenvalue weighted by Gasteiger charge is -2.32. The lowest BCUT2D eigenvalue weighted by Crippen LogP contribution is -2.63. The minimum absolute atomic E-state index is 0.000414. The summed E-state index contributed by atoms with van der Waals surface area (Å²) in [6, 6.07) is 16.6. The molecule has 6 fully saturated rings. The third kappa shape index (κ3) is 12.3. The fourth-order valence-electron chi connectivity index (χ4n) is 11.5. The van der Waals surface area contributed by atoms with Crippen LogP contribution in [0, 0.1) is 46.8 Å². The first-order valence-corrected chi connectivity index (χ1v) is 26.7. The van der Waals surface area contributed by atoms with E-state index in [-0.39, 0.29) is 45.6 Å². The van der Waals surface area contributed by atoms with E-state index in [4.69, 9.17) is 138 Å². The Kier molecular flexibility index (Phi) is 19.9. The van der Waals surface area contributed by atoms with Crippen LogP contribution in [-0.2, 0) is 77.1 Å². The summed E-state index contributed by atoms with van der Waals surface area (Å²) in [5.74, 6) is -16.0. The van der Waals surface area contributed by atoms with Gasteiger partial charge in [-0.05, 0) is 72.4 Å². The van der Waals surface area contributed by atoms with Gasteiger partial charge in [0.1, 0.15) is 23.2 Å². The largest absolute Gasteiger partial charge is 0.481 e. The molecule has 6 aliphatic rings. The summed E-state index contributed by atoms with van der Waals surface area (Å²) >= 11 is 35.2. The molecular formula is C51H51Cl6F3N6O18. The summed E-state index contributed by atoms with van der Waals surface area (Å²) in [7, 11) is 0. The maximum atomic E-state index is 14.5. The predicted molar refractivity (Wildman–Crippen MR) is 286 cm³/mol. The first-order valence-electron chi connectivity index (χ1n) is 24.5. The highest BCUT2D eigenvalue weighted by atomic mass is 35.5. The van der Waals surface area contributed by atoms with Crippen molar-refractivity contribution in [1.29, 1.82) is 5.26 Å². The summed E-state index contributed by atoms with van der Waals surface area (Å²) in [5.41, 5.74) is 15.0. The average Bonchev–Trinajstić information content (AvgIpc) is 1.64. The summed E-state index contributed by atoms with van der Waals surface area (Å²) in [5, 5.41) is 64.8. The number of hydrogen-bond acceptors (Lipinski definition) is 17. The number of benzene rings is 3. The van der Waals surface area contributed by atoms with Crippen molar-refractivity contribution < 1.29 is 101 Å². The van der Waals surface area contributed by atoms with E-state index in [1.165, 1.54) is 0 Å². The number of nitrogens with zero attached hydrogens (tertiary/aromatic N) is 1. The smallest absolute Gasteiger partial charge is 0.342 e. The molecule has 84 heavy (non-hydrogen) atoms. The average molecular weight is 1310 g/mol. The maximum absolute atomic E-state index is 14.5. The number of carboxylic acids is 5. The standard InChI is InChI=1S/C15H14Cl2FN3O2.C15H15Cl2FN2O4.C15H14Cl2FNO5.C6H8O7/c16-9-2-1-7(3-10(9)17)5-23-11-4-8-12(14(11,21)6-19)15(8,18)13(20)22;16-8-2-1-6(3-9(8)17)5-24-10-4-7-11(14(7,18)13(22)23)15(10,20)12(19)21;16-8-2-1-6(3-9(8)17)5-24-10-4-7-11(14(7,18)12(20)21)15(10,19)13(22)23;7-3-13-2-6(12,5(10)11)1-4(8)9/h1-3,8,11-12H,4-5,21H2,(H2,20,22);1-3,7,10-11H,4-5,20H2,(H2,19,21)(H,22,23);1-3,7,10-11H,4-5,19H2,(H,20,21)(H,22,23);3,12H,1-2H2,(H,8,9)(H,10,11)/t8-,11-,12-,14+,15-;2*7-,10-,11+,14-,15+;/m111./s1. The Morgan fingerprint density at radius 2 is 0.952 bits per heavy atom. The first kappa shape index (κ1) is 67.3. The van der Waals surface area contributed by atoms with Crippen molar-refractivity contribution in [3.8, 4) is 6.07 Å². The Hall–Kier alpha value is -5.84. The molecular weight excluding hydrogens is 1250 g/mol. The Labute approximate surface area is 502 Å². The molecule has 0 bridgehead atoms. The van der Waals surface area contributed by atoms with Gasteiger partial charge in [0, 0.05) is 35.5 Å². The summed E-state index contributed by atoms with van der Waals surface area (Å²) in [6.07, 6.45) is -3.47. The number of amides is 2. The molecule has 24 nitrogen and oxygen atoms in total. The van der Waals surface area contributed by atoms with Gasteiger partial charge in [0.05, 0.1) is 80.8 Å². The van der Waals surface area contributed by atoms with Crippen LogP contribution >= 0.6 is 69.6 Å². The number of halogens is 9. The number of carbonyl (C=O) groups is 8. The first-order chi connectivity index (χ1) is 38.9. The Balaban J connectivity index is 0.000000184. The number of aliphatic carboxylic acids is 5. The van der Waals surface area contributed by atoms with Crippen molar-refractivity contribution in [3.05, 3.63) is 101 Å². The quantitative estimate of drug-likeness (QED) is 0.0712. The predicted octanol–water partition coefficient (Wildman–Crippen LogP) is 4.00. The van der Waals surface area contributed by atoms with E-state index in [1.807, 2.05) is 6.07 Å². The van der Waals surface area contributed by atoms with Gasteiger partial charge in [-0.3, -0.25) is 24.0 Å². The monoisotopic (exact) mass is 1300 g/mol.